The topological polar surface area (TPSA) is 62.7 Å². The minimum absolute atomic E-state index is 0.0553. The number of carbonyl (C=O) groups excluding carboxylic acids is 1. The van der Waals surface area contributed by atoms with Crippen molar-refractivity contribution in [2.45, 2.75) is 31.3 Å². The van der Waals surface area contributed by atoms with E-state index >= 15 is 0 Å². The van der Waals surface area contributed by atoms with Crippen molar-refractivity contribution in [2.75, 3.05) is 20.2 Å². The molecule has 126 valence electrons. The van der Waals surface area contributed by atoms with Crippen LogP contribution in [0.1, 0.15) is 36.2 Å². The van der Waals surface area contributed by atoms with Gasteiger partial charge in [0.2, 0.25) is 0 Å². The van der Waals surface area contributed by atoms with Gasteiger partial charge in [0.1, 0.15) is 11.4 Å². The van der Waals surface area contributed by atoms with E-state index in [-0.39, 0.29) is 5.91 Å². The second kappa shape index (κ2) is 5.74. The van der Waals surface area contributed by atoms with E-state index in [9.17, 15) is 9.90 Å². The molecule has 0 radical (unpaired) electrons. The van der Waals surface area contributed by atoms with Gasteiger partial charge in [0.25, 0.3) is 5.91 Å². The maximum absolute atomic E-state index is 12.8. The lowest BCUT2D eigenvalue weighted by Crippen LogP contribution is -2.42. The molecular formula is C19H22N2O3. The number of pyridine rings is 1. The first-order valence-corrected chi connectivity index (χ1v) is 8.56. The van der Waals surface area contributed by atoms with E-state index in [1.165, 1.54) is 0 Å². The van der Waals surface area contributed by atoms with Gasteiger partial charge >= 0.3 is 0 Å². The second-order valence-corrected chi connectivity index (χ2v) is 6.90. The van der Waals surface area contributed by atoms with Crippen molar-refractivity contribution in [1.82, 2.24) is 9.88 Å². The Morgan fingerprint density at radius 3 is 2.67 bits per heavy atom. The van der Waals surface area contributed by atoms with E-state index in [1.807, 2.05) is 29.2 Å². The number of piperidine rings is 1. The summed E-state index contributed by atoms with van der Waals surface area (Å²) in [5.41, 5.74) is 0.746. The van der Waals surface area contributed by atoms with Crippen LogP contribution in [0.25, 0.3) is 10.9 Å². The largest absolute Gasteiger partial charge is 0.496 e. The molecule has 1 saturated carbocycles. The lowest BCUT2D eigenvalue weighted by Gasteiger charge is -2.34. The molecule has 2 heterocycles. The standard InChI is InChI=1S/C19H22N2O3/c1-24-17-12-16(20-15-5-3-2-4-14(15)17)18(22)21-10-6-13(7-11-21)19(23)8-9-19/h2-5,12-13,23H,6-11H2,1H3. The van der Waals surface area contributed by atoms with Crippen LogP contribution in [-0.2, 0) is 0 Å². The summed E-state index contributed by atoms with van der Waals surface area (Å²) in [6, 6.07) is 9.40. The fourth-order valence-electron chi connectivity index (χ4n) is 3.74. The summed E-state index contributed by atoms with van der Waals surface area (Å²) in [6.07, 6.45) is 3.56. The number of amides is 1. The van der Waals surface area contributed by atoms with Gasteiger partial charge in [0, 0.05) is 24.5 Å². The van der Waals surface area contributed by atoms with E-state index in [4.69, 9.17) is 4.74 Å². The van der Waals surface area contributed by atoms with Gasteiger partial charge in [0.05, 0.1) is 18.2 Å². The lowest BCUT2D eigenvalue weighted by atomic mass is 9.89. The lowest BCUT2D eigenvalue weighted by molar-refractivity contribution is 0.0338. The Kier molecular flexibility index (Phi) is 3.68. The SMILES string of the molecule is COc1cc(C(=O)N2CCC(C3(O)CC3)CC2)nc2ccccc12. The number of benzene rings is 1. The Morgan fingerprint density at radius 1 is 1.29 bits per heavy atom. The summed E-state index contributed by atoms with van der Waals surface area (Å²) in [5, 5.41) is 11.2. The van der Waals surface area contributed by atoms with Gasteiger partial charge in [-0.1, -0.05) is 12.1 Å². The average Bonchev–Trinajstić information content (AvgIpc) is 3.39. The molecule has 1 amide bonds. The number of aliphatic hydroxyl groups is 1. The van der Waals surface area contributed by atoms with Crippen LogP contribution in [0.2, 0.25) is 0 Å². The van der Waals surface area contributed by atoms with Gasteiger partial charge in [-0.15, -0.1) is 0 Å². The highest BCUT2D eigenvalue weighted by atomic mass is 16.5. The quantitative estimate of drug-likeness (QED) is 0.942. The molecule has 2 aliphatic rings. The van der Waals surface area contributed by atoms with Crippen molar-refractivity contribution in [3.8, 4) is 5.75 Å². The van der Waals surface area contributed by atoms with Gasteiger partial charge in [-0.3, -0.25) is 4.79 Å². The van der Waals surface area contributed by atoms with Gasteiger partial charge in [-0.05, 0) is 43.7 Å². The van der Waals surface area contributed by atoms with Crippen LogP contribution in [0.3, 0.4) is 0 Å². The van der Waals surface area contributed by atoms with Crippen LogP contribution >= 0.6 is 0 Å². The molecule has 0 bridgehead atoms. The first-order valence-electron chi connectivity index (χ1n) is 8.56. The summed E-state index contributed by atoms with van der Waals surface area (Å²) in [7, 11) is 1.61. The predicted octanol–water partition coefficient (Wildman–Crippen LogP) is 2.62. The molecular weight excluding hydrogens is 304 g/mol. The molecule has 2 aromatic rings. The fourth-order valence-corrected chi connectivity index (χ4v) is 3.74. The number of fused-ring (bicyclic) bond motifs is 1. The second-order valence-electron chi connectivity index (χ2n) is 6.90. The van der Waals surface area contributed by atoms with Crippen LogP contribution in [0, 0.1) is 5.92 Å². The summed E-state index contributed by atoms with van der Waals surface area (Å²) in [4.78, 5) is 19.2. The summed E-state index contributed by atoms with van der Waals surface area (Å²) >= 11 is 0. The number of ether oxygens (including phenoxy) is 1. The number of nitrogens with zero attached hydrogens (tertiary/aromatic N) is 2. The third-order valence-corrected chi connectivity index (χ3v) is 5.42. The van der Waals surface area contributed by atoms with E-state index in [0.29, 0.717) is 30.5 Å². The molecule has 5 nitrogen and oxygen atoms in total. The van der Waals surface area contributed by atoms with Gasteiger partial charge in [-0.25, -0.2) is 4.98 Å². The van der Waals surface area contributed by atoms with Crippen molar-refractivity contribution in [2.24, 2.45) is 5.92 Å². The molecule has 0 unspecified atom stereocenters. The van der Waals surface area contributed by atoms with Crippen LogP contribution in [-0.4, -0.2) is 46.7 Å². The average molecular weight is 326 g/mol. The number of methoxy groups -OCH3 is 1. The normalized spacial score (nSPS) is 20.2. The van der Waals surface area contributed by atoms with Gasteiger partial charge in [-0.2, -0.15) is 0 Å². The molecule has 0 spiro atoms. The maximum atomic E-state index is 12.8. The Labute approximate surface area is 141 Å². The highest BCUT2D eigenvalue weighted by Crippen LogP contribution is 2.46. The van der Waals surface area contributed by atoms with Crippen molar-refractivity contribution >= 4 is 16.8 Å². The molecule has 1 aliphatic carbocycles. The smallest absolute Gasteiger partial charge is 0.272 e. The Hall–Kier alpha value is -2.14. The van der Waals surface area contributed by atoms with E-state index in [0.717, 1.165) is 36.6 Å². The number of hydrogen-bond donors (Lipinski definition) is 1. The molecule has 1 aromatic carbocycles. The minimum atomic E-state index is -0.445. The first kappa shape index (κ1) is 15.4. The molecule has 4 rings (SSSR count). The third kappa shape index (κ3) is 2.63. The molecule has 0 atom stereocenters. The highest BCUT2D eigenvalue weighted by Gasteiger charge is 2.48. The minimum Gasteiger partial charge on any atom is -0.496 e. The van der Waals surface area contributed by atoms with Crippen molar-refractivity contribution in [1.29, 1.82) is 0 Å². The van der Waals surface area contributed by atoms with Crippen LogP contribution in [0.5, 0.6) is 5.75 Å². The number of carbonyl (C=O) groups is 1. The molecule has 1 saturated heterocycles. The van der Waals surface area contributed by atoms with Crippen molar-refractivity contribution in [3.63, 3.8) is 0 Å². The first-order chi connectivity index (χ1) is 11.6. The number of para-hydroxylation sites is 1. The summed E-state index contributed by atoms with van der Waals surface area (Å²) < 4.78 is 5.43. The molecule has 5 heteroatoms. The number of rotatable bonds is 3. The Balaban J connectivity index is 1.55. The van der Waals surface area contributed by atoms with Crippen molar-refractivity contribution < 1.29 is 14.6 Å². The van der Waals surface area contributed by atoms with Crippen molar-refractivity contribution in [3.05, 3.63) is 36.0 Å². The van der Waals surface area contributed by atoms with Gasteiger partial charge in [0.15, 0.2) is 0 Å². The zero-order chi connectivity index (χ0) is 16.7. The van der Waals surface area contributed by atoms with Crippen LogP contribution in [0.15, 0.2) is 30.3 Å². The maximum Gasteiger partial charge on any atom is 0.272 e. The van der Waals surface area contributed by atoms with E-state index < -0.39 is 5.60 Å². The number of hydrogen-bond acceptors (Lipinski definition) is 4. The monoisotopic (exact) mass is 326 g/mol. The zero-order valence-corrected chi connectivity index (χ0v) is 13.9. The van der Waals surface area contributed by atoms with Gasteiger partial charge < -0.3 is 14.7 Å². The Bertz CT molecular complexity index is 777. The molecule has 2 fully saturated rings. The summed E-state index contributed by atoms with van der Waals surface area (Å²) in [5.74, 6) is 0.951. The molecule has 24 heavy (non-hydrogen) atoms. The Morgan fingerprint density at radius 2 is 2.00 bits per heavy atom. The number of aromatic nitrogens is 1. The summed E-state index contributed by atoms with van der Waals surface area (Å²) in [6.45, 7) is 1.37. The highest BCUT2D eigenvalue weighted by molar-refractivity contribution is 5.97. The molecule has 1 aliphatic heterocycles. The van der Waals surface area contributed by atoms with E-state index in [2.05, 4.69) is 4.98 Å². The fraction of sp³-hybridized carbons (Fsp3) is 0.474. The molecule has 1 aromatic heterocycles. The third-order valence-electron chi connectivity index (χ3n) is 5.42. The zero-order valence-electron chi connectivity index (χ0n) is 13.9. The predicted molar refractivity (Wildman–Crippen MR) is 91.1 cm³/mol. The number of likely N-dealkylation sites (tertiary alicyclic amines) is 1. The van der Waals surface area contributed by atoms with Crippen LogP contribution in [0.4, 0.5) is 0 Å². The van der Waals surface area contributed by atoms with Crippen LogP contribution < -0.4 is 4.74 Å². The molecule has 1 N–H and O–H groups in total. The van der Waals surface area contributed by atoms with E-state index in [1.54, 1.807) is 13.2 Å².